The summed E-state index contributed by atoms with van der Waals surface area (Å²) in [5.74, 6) is -0.418. The van der Waals surface area contributed by atoms with Crippen LogP contribution in [-0.2, 0) is 9.47 Å². The van der Waals surface area contributed by atoms with Crippen LogP contribution in [0.2, 0.25) is 0 Å². The Morgan fingerprint density at radius 1 is 1.47 bits per heavy atom. The molecule has 15 heavy (non-hydrogen) atoms. The second kappa shape index (κ2) is 4.78. The first-order chi connectivity index (χ1) is 7.22. The first-order valence-electron chi connectivity index (χ1n) is 5.97. The molecule has 0 radical (unpaired) electrons. The molecule has 2 aliphatic heterocycles. The van der Waals surface area contributed by atoms with Crippen molar-refractivity contribution >= 4 is 0 Å². The quantitative estimate of drug-likeness (QED) is 0.722. The summed E-state index contributed by atoms with van der Waals surface area (Å²) in [7, 11) is 0. The van der Waals surface area contributed by atoms with Gasteiger partial charge in [0, 0.05) is 19.0 Å². The van der Waals surface area contributed by atoms with Gasteiger partial charge in [-0.05, 0) is 26.3 Å². The predicted molar refractivity (Wildman–Crippen MR) is 58.5 cm³/mol. The Balaban J connectivity index is 1.82. The number of nitrogens with one attached hydrogen (secondary N) is 1. The largest absolute Gasteiger partial charge is 0.347 e. The lowest BCUT2D eigenvalue weighted by Gasteiger charge is -2.31. The van der Waals surface area contributed by atoms with Crippen LogP contribution < -0.4 is 11.1 Å². The summed E-state index contributed by atoms with van der Waals surface area (Å²) in [4.78, 5) is 0. The minimum absolute atomic E-state index is 0.0820. The molecule has 0 saturated carbocycles. The molecule has 0 bridgehead atoms. The molecule has 0 aliphatic carbocycles. The van der Waals surface area contributed by atoms with Crippen molar-refractivity contribution in [3.8, 4) is 0 Å². The minimum atomic E-state index is -0.418. The topological polar surface area (TPSA) is 56.5 Å². The lowest BCUT2D eigenvalue weighted by Crippen LogP contribution is -2.42. The molecule has 0 amide bonds. The molecule has 3 N–H and O–H groups in total. The highest BCUT2D eigenvalue weighted by atomic mass is 16.7. The van der Waals surface area contributed by atoms with Gasteiger partial charge >= 0.3 is 0 Å². The van der Waals surface area contributed by atoms with Crippen molar-refractivity contribution in [3.63, 3.8) is 0 Å². The van der Waals surface area contributed by atoms with Gasteiger partial charge in [0.25, 0.3) is 0 Å². The Bertz CT molecular complexity index is 207. The maximum absolute atomic E-state index is 5.81. The fraction of sp³-hybridized carbons (Fsp3) is 1.00. The van der Waals surface area contributed by atoms with Crippen LogP contribution in [0.5, 0.6) is 0 Å². The Morgan fingerprint density at radius 3 is 2.93 bits per heavy atom. The van der Waals surface area contributed by atoms with Crippen LogP contribution in [0.15, 0.2) is 0 Å². The Morgan fingerprint density at radius 2 is 2.33 bits per heavy atom. The third-order valence-electron chi connectivity index (χ3n) is 3.28. The van der Waals surface area contributed by atoms with E-state index in [0.29, 0.717) is 19.2 Å². The highest BCUT2D eigenvalue weighted by Crippen LogP contribution is 2.29. The van der Waals surface area contributed by atoms with Crippen molar-refractivity contribution in [2.45, 2.75) is 50.5 Å². The smallest absolute Gasteiger partial charge is 0.167 e. The van der Waals surface area contributed by atoms with Crippen molar-refractivity contribution in [3.05, 3.63) is 0 Å². The average molecular weight is 214 g/mol. The lowest BCUT2D eigenvalue weighted by atomic mass is 9.98. The molecule has 4 heteroatoms. The zero-order valence-electron chi connectivity index (χ0n) is 9.50. The van der Waals surface area contributed by atoms with E-state index in [9.17, 15) is 0 Å². The number of rotatable bonds is 3. The average Bonchev–Trinajstić information content (AvgIpc) is 2.61. The van der Waals surface area contributed by atoms with Crippen LogP contribution in [0, 0.1) is 0 Å². The van der Waals surface area contributed by atoms with Gasteiger partial charge in [0.15, 0.2) is 5.79 Å². The molecule has 2 heterocycles. The van der Waals surface area contributed by atoms with Gasteiger partial charge in [-0.1, -0.05) is 6.42 Å². The van der Waals surface area contributed by atoms with Crippen molar-refractivity contribution in [2.75, 3.05) is 19.7 Å². The van der Waals surface area contributed by atoms with Crippen LogP contribution in [0.25, 0.3) is 0 Å². The fourth-order valence-electron chi connectivity index (χ4n) is 2.46. The van der Waals surface area contributed by atoms with Gasteiger partial charge in [-0.25, -0.2) is 0 Å². The van der Waals surface area contributed by atoms with Crippen molar-refractivity contribution in [1.82, 2.24) is 5.32 Å². The summed E-state index contributed by atoms with van der Waals surface area (Å²) in [6.07, 6.45) is 4.85. The Kier molecular flexibility index (Phi) is 3.61. The number of ether oxygens (including phenoxy) is 2. The third-order valence-corrected chi connectivity index (χ3v) is 3.28. The van der Waals surface area contributed by atoms with Crippen LogP contribution in [-0.4, -0.2) is 37.6 Å². The first kappa shape index (κ1) is 11.3. The summed E-state index contributed by atoms with van der Waals surface area (Å²) in [6.45, 7) is 4.34. The minimum Gasteiger partial charge on any atom is -0.347 e. The van der Waals surface area contributed by atoms with E-state index >= 15 is 0 Å². The standard InChI is InChI=1S/C11H22N2O2/c1-11(14-8-10(7-12)15-11)6-9-4-2-3-5-13-9/h9-10,13H,2-8,12H2,1H3. The molecule has 0 spiro atoms. The van der Waals surface area contributed by atoms with E-state index in [-0.39, 0.29) is 6.10 Å². The van der Waals surface area contributed by atoms with Gasteiger partial charge in [-0.3, -0.25) is 0 Å². The fourth-order valence-corrected chi connectivity index (χ4v) is 2.46. The van der Waals surface area contributed by atoms with Crippen molar-refractivity contribution < 1.29 is 9.47 Å². The molecule has 0 aromatic rings. The zero-order valence-corrected chi connectivity index (χ0v) is 9.50. The Labute approximate surface area is 91.5 Å². The highest BCUT2D eigenvalue weighted by Gasteiger charge is 2.38. The molecule has 3 unspecified atom stereocenters. The molecule has 0 aromatic heterocycles. The molecule has 2 fully saturated rings. The molecule has 3 atom stereocenters. The number of piperidine rings is 1. The van der Waals surface area contributed by atoms with Crippen LogP contribution >= 0.6 is 0 Å². The summed E-state index contributed by atoms with van der Waals surface area (Å²) < 4.78 is 11.5. The Hall–Kier alpha value is -0.160. The van der Waals surface area contributed by atoms with Gasteiger partial charge in [0.2, 0.25) is 0 Å². The SMILES string of the molecule is CC1(CC2CCCCN2)OCC(CN)O1. The molecular weight excluding hydrogens is 192 g/mol. The first-order valence-corrected chi connectivity index (χ1v) is 5.97. The van der Waals surface area contributed by atoms with Crippen LogP contribution in [0.1, 0.15) is 32.6 Å². The van der Waals surface area contributed by atoms with Gasteiger partial charge in [-0.2, -0.15) is 0 Å². The van der Waals surface area contributed by atoms with E-state index in [0.717, 1.165) is 13.0 Å². The van der Waals surface area contributed by atoms with Crippen molar-refractivity contribution in [2.24, 2.45) is 5.73 Å². The molecule has 4 nitrogen and oxygen atoms in total. The van der Waals surface area contributed by atoms with Gasteiger partial charge in [0.05, 0.1) is 12.7 Å². The predicted octanol–water partition coefficient (Wildman–Crippen LogP) is 0.609. The van der Waals surface area contributed by atoms with Crippen LogP contribution in [0.4, 0.5) is 0 Å². The van der Waals surface area contributed by atoms with E-state index < -0.39 is 5.79 Å². The summed E-state index contributed by atoms with van der Waals surface area (Å²) in [5.41, 5.74) is 5.57. The van der Waals surface area contributed by atoms with Gasteiger partial charge < -0.3 is 20.5 Å². The number of nitrogens with two attached hydrogens (primary N) is 1. The van der Waals surface area contributed by atoms with E-state index in [1.807, 2.05) is 6.92 Å². The second-order valence-electron chi connectivity index (χ2n) is 4.77. The number of hydrogen-bond donors (Lipinski definition) is 2. The zero-order chi connectivity index (χ0) is 10.7. The maximum atomic E-state index is 5.81. The molecule has 2 saturated heterocycles. The van der Waals surface area contributed by atoms with Gasteiger partial charge in [0.1, 0.15) is 0 Å². The van der Waals surface area contributed by atoms with Crippen LogP contribution in [0.3, 0.4) is 0 Å². The summed E-state index contributed by atoms with van der Waals surface area (Å²) in [5, 5.41) is 3.51. The number of hydrogen-bond acceptors (Lipinski definition) is 4. The lowest BCUT2D eigenvalue weighted by molar-refractivity contribution is -0.162. The molecule has 88 valence electrons. The maximum Gasteiger partial charge on any atom is 0.167 e. The van der Waals surface area contributed by atoms with E-state index in [4.69, 9.17) is 15.2 Å². The summed E-state index contributed by atoms with van der Waals surface area (Å²) >= 11 is 0. The molecule has 0 aromatic carbocycles. The van der Waals surface area contributed by atoms with Gasteiger partial charge in [-0.15, -0.1) is 0 Å². The monoisotopic (exact) mass is 214 g/mol. The molecule has 2 rings (SSSR count). The summed E-state index contributed by atoms with van der Waals surface area (Å²) in [6, 6.07) is 0.542. The second-order valence-corrected chi connectivity index (χ2v) is 4.77. The highest BCUT2D eigenvalue weighted by molar-refractivity contribution is 4.83. The normalized spacial score (nSPS) is 42.0. The van der Waals surface area contributed by atoms with Crippen molar-refractivity contribution in [1.29, 1.82) is 0 Å². The van der Waals surface area contributed by atoms with E-state index in [1.54, 1.807) is 0 Å². The van der Waals surface area contributed by atoms with E-state index in [2.05, 4.69) is 5.32 Å². The molecule has 2 aliphatic rings. The van der Waals surface area contributed by atoms with E-state index in [1.165, 1.54) is 19.3 Å². The third kappa shape index (κ3) is 2.91. The molecular formula is C11H22N2O2.